The summed E-state index contributed by atoms with van der Waals surface area (Å²) in [4.78, 5) is 12.4. The van der Waals surface area contributed by atoms with Crippen molar-refractivity contribution in [1.82, 2.24) is 15.1 Å². The van der Waals surface area contributed by atoms with Gasteiger partial charge in [0.2, 0.25) is 0 Å². The first-order valence-corrected chi connectivity index (χ1v) is 7.90. The summed E-state index contributed by atoms with van der Waals surface area (Å²) in [6, 6.07) is 10.3. The lowest BCUT2D eigenvalue weighted by atomic mass is 10.1. The van der Waals surface area contributed by atoms with Gasteiger partial charge in [0.25, 0.3) is 5.56 Å². The molecular formula is C18H25N3O. The van der Waals surface area contributed by atoms with E-state index in [1.54, 1.807) is 4.68 Å². The number of hydrogen-bond donors (Lipinski definition) is 1. The molecule has 0 saturated carbocycles. The highest BCUT2D eigenvalue weighted by molar-refractivity contribution is 5.59. The third kappa shape index (κ3) is 3.83. The van der Waals surface area contributed by atoms with Crippen LogP contribution in [0.25, 0.3) is 11.3 Å². The quantitative estimate of drug-likeness (QED) is 0.892. The first kappa shape index (κ1) is 16.4. The SMILES string of the molecule is CCc1ccc(-c2cc(CNC)c(=O)n(CC(C)C)n2)cc1. The molecule has 0 bridgehead atoms. The smallest absolute Gasteiger partial charge is 0.271 e. The summed E-state index contributed by atoms with van der Waals surface area (Å²) in [5, 5.41) is 7.62. The average Bonchev–Trinajstić information content (AvgIpc) is 2.51. The monoisotopic (exact) mass is 299 g/mol. The topological polar surface area (TPSA) is 46.9 Å². The maximum Gasteiger partial charge on any atom is 0.271 e. The summed E-state index contributed by atoms with van der Waals surface area (Å²) in [6.45, 7) is 7.51. The second-order valence-corrected chi connectivity index (χ2v) is 6.02. The Balaban J connectivity index is 2.49. The molecule has 0 saturated heterocycles. The van der Waals surface area contributed by atoms with Crippen LogP contribution in [-0.4, -0.2) is 16.8 Å². The van der Waals surface area contributed by atoms with Gasteiger partial charge >= 0.3 is 0 Å². The molecule has 0 atom stereocenters. The van der Waals surface area contributed by atoms with Crippen molar-refractivity contribution in [2.75, 3.05) is 7.05 Å². The molecular weight excluding hydrogens is 274 g/mol. The molecule has 0 fully saturated rings. The zero-order chi connectivity index (χ0) is 16.1. The number of nitrogens with zero attached hydrogens (tertiary/aromatic N) is 2. The van der Waals surface area contributed by atoms with Gasteiger partial charge in [0, 0.05) is 24.2 Å². The third-order valence-corrected chi connectivity index (χ3v) is 3.61. The van der Waals surface area contributed by atoms with Crippen LogP contribution < -0.4 is 10.9 Å². The summed E-state index contributed by atoms with van der Waals surface area (Å²) in [7, 11) is 1.85. The molecule has 1 N–H and O–H groups in total. The molecule has 0 amide bonds. The van der Waals surface area contributed by atoms with Gasteiger partial charge in [-0.3, -0.25) is 4.79 Å². The van der Waals surface area contributed by atoms with Crippen LogP contribution in [-0.2, 0) is 19.5 Å². The molecule has 0 aliphatic carbocycles. The number of aromatic nitrogens is 2. The van der Waals surface area contributed by atoms with Gasteiger partial charge in [0.15, 0.2) is 0 Å². The van der Waals surface area contributed by atoms with E-state index in [1.165, 1.54) is 5.56 Å². The van der Waals surface area contributed by atoms with Crippen molar-refractivity contribution < 1.29 is 0 Å². The fraction of sp³-hybridized carbons (Fsp3) is 0.444. The van der Waals surface area contributed by atoms with Crippen molar-refractivity contribution in [2.24, 2.45) is 5.92 Å². The van der Waals surface area contributed by atoms with E-state index in [2.05, 4.69) is 55.5 Å². The minimum atomic E-state index is -0.00280. The maximum atomic E-state index is 12.4. The van der Waals surface area contributed by atoms with Gasteiger partial charge in [-0.05, 0) is 31.0 Å². The number of hydrogen-bond acceptors (Lipinski definition) is 3. The molecule has 0 spiro atoms. The van der Waals surface area contributed by atoms with E-state index in [0.717, 1.165) is 23.2 Å². The highest BCUT2D eigenvalue weighted by Crippen LogP contribution is 2.18. The lowest BCUT2D eigenvalue weighted by Gasteiger charge is -2.12. The Labute approximate surface area is 132 Å². The summed E-state index contributed by atoms with van der Waals surface area (Å²) in [5.74, 6) is 0.380. The van der Waals surface area contributed by atoms with Crippen LogP contribution in [0, 0.1) is 5.92 Å². The van der Waals surface area contributed by atoms with Gasteiger partial charge in [-0.1, -0.05) is 45.0 Å². The van der Waals surface area contributed by atoms with E-state index in [4.69, 9.17) is 0 Å². The Morgan fingerprint density at radius 3 is 2.45 bits per heavy atom. The Hall–Kier alpha value is -1.94. The van der Waals surface area contributed by atoms with Crippen molar-refractivity contribution in [3.63, 3.8) is 0 Å². The minimum Gasteiger partial charge on any atom is -0.315 e. The molecule has 4 heteroatoms. The van der Waals surface area contributed by atoms with E-state index in [1.807, 2.05) is 13.1 Å². The van der Waals surface area contributed by atoms with E-state index >= 15 is 0 Å². The highest BCUT2D eigenvalue weighted by atomic mass is 16.1. The first-order chi connectivity index (χ1) is 10.5. The van der Waals surface area contributed by atoms with Crippen LogP contribution in [0.15, 0.2) is 35.1 Å². The summed E-state index contributed by atoms with van der Waals surface area (Å²) < 4.78 is 1.60. The van der Waals surface area contributed by atoms with E-state index in [9.17, 15) is 4.79 Å². The van der Waals surface area contributed by atoms with Crippen molar-refractivity contribution in [3.05, 3.63) is 51.8 Å². The standard InChI is InChI=1S/C18H25N3O/c1-5-14-6-8-15(9-7-14)17-10-16(11-19-4)18(22)21(20-17)12-13(2)3/h6-10,13,19H,5,11-12H2,1-4H3. The molecule has 0 aliphatic rings. The molecule has 118 valence electrons. The van der Waals surface area contributed by atoms with Crippen LogP contribution >= 0.6 is 0 Å². The molecule has 22 heavy (non-hydrogen) atoms. The van der Waals surface area contributed by atoms with E-state index in [0.29, 0.717) is 19.0 Å². The lowest BCUT2D eigenvalue weighted by molar-refractivity contribution is 0.461. The maximum absolute atomic E-state index is 12.4. The van der Waals surface area contributed by atoms with E-state index in [-0.39, 0.29) is 5.56 Å². The second-order valence-electron chi connectivity index (χ2n) is 6.02. The van der Waals surface area contributed by atoms with Crippen molar-refractivity contribution >= 4 is 0 Å². The summed E-state index contributed by atoms with van der Waals surface area (Å²) in [6.07, 6.45) is 1.02. The molecule has 1 aromatic carbocycles. The number of benzene rings is 1. The van der Waals surface area contributed by atoms with E-state index < -0.39 is 0 Å². The molecule has 0 unspecified atom stereocenters. The van der Waals surface area contributed by atoms with Crippen LogP contribution in [0.4, 0.5) is 0 Å². The Kier molecular flexibility index (Phi) is 5.50. The fourth-order valence-electron chi connectivity index (χ4n) is 2.44. The molecule has 2 aromatic rings. The Morgan fingerprint density at radius 2 is 1.91 bits per heavy atom. The Morgan fingerprint density at radius 1 is 1.23 bits per heavy atom. The second kappa shape index (κ2) is 7.36. The van der Waals surface area contributed by atoms with Crippen LogP contribution in [0.5, 0.6) is 0 Å². The fourth-order valence-corrected chi connectivity index (χ4v) is 2.44. The van der Waals surface area contributed by atoms with Gasteiger partial charge in [0.1, 0.15) is 0 Å². The number of rotatable bonds is 6. The van der Waals surface area contributed by atoms with Gasteiger partial charge < -0.3 is 5.32 Å². The van der Waals surface area contributed by atoms with Gasteiger partial charge in [-0.15, -0.1) is 0 Å². The van der Waals surface area contributed by atoms with Crippen LogP contribution in [0.1, 0.15) is 31.9 Å². The van der Waals surface area contributed by atoms with Gasteiger partial charge in [0.05, 0.1) is 5.69 Å². The molecule has 1 heterocycles. The van der Waals surface area contributed by atoms with Gasteiger partial charge in [-0.2, -0.15) is 5.10 Å². The average molecular weight is 299 g/mol. The summed E-state index contributed by atoms with van der Waals surface area (Å²) in [5.41, 5.74) is 3.96. The normalized spacial score (nSPS) is 11.1. The molecule has 2 rings (SSSR count). The van der Waals surface area contributed by atoms with Crippen LogP contribution in [0.2, 0.25) is 0 Å². The first-order valence-electron chi connectivity index (χ1n) is 7.90. The van der Waals surface area contributed by atoms with Crippen molar-refractivity contribution in [3.8, 4) is 11.3 Å². The Bertz CT molecular complexity index is 672. The number of aryl methyl sites for hydroxylation is 1. The lowest BCUT2D eigenvalue weighted by Crippen LogP contribution is -2.30. The predicted octanol–water partition coefficient (Wildman–Crippen LogP) is 2.85. The molecule has 1 aromatic heterocycles. The van der Waals surface area contributed by atoms with Gasteiger partial charge in [-0.25, -0.2) is 4.68 Å². The zero-order valence-electron chi connectivity index (χ0n) is 13.9. The molecule has 4 nitrogen and oxygen atoms in total. The molecule has 0 radical (unpaired) electrons. The summed E-state index contributed by atoms with van der Waals surface area (Å²) >= 11 is 0. The number of nitrogens with one attached hydrogen (secondary N) is 1. The minimum absolute atomic E-state index is 0.00280. The largest absolute Gasteiger partial charge is 0.315 e. The van der Waals surface area contributed by atoms with Crippen molar-refractivity contribution in [1.29, 1.82) is 0 Å². The molecule has 0 aliphatic heterocycles. The predicted molar refractivity (Wildman–Crippen MR) is 90.9 cm³/mol. The third-order valence-electron chi connectivity index (χ3n) is 3.61. The van der Waals surface area contributed by atoms with Crippen LogP contribution in [0.3, 0.4) is 0 Å². The zero-order valence-corrected chi connectivity index (χ0v) is 13.9. The van der Waals surface area contributed by atoms with Crippen molar-refractivity contribution in [2.45, 2.75) is 40.3 Å². The highest BCUT2D eigenvalue weighted by Gasteiger charge is 2.10.